The molecule has 358 valence electrons. The molecule has 0 saturated heterocycles. The predicted octanol–water partition coefficient (Wildman–Crippen LogP) is 17.4. The average Bonchev–Trinajstić information content (AvgIpc) is 3.84. The number of ether oxygens (including phenoxy) is 1. The number of pyridine rings is 1. The van der Waals surface area contributed by atoms with Crippen LogP contribution >= 0.6 is 0 Å². The van der Waals surface area contributed by atoms with Gasteiger partial charge in [-0.3, -0.25) is 0 Å². The summed E-state index contributed by atoms with van der Waals surface area (Å²) in [6.45, 7) is 17.1. The van der Waals surface area contributed by atoms with Crippen LogP contribution in [0.5, 0.6) is 11.5 Å². The van der Waals surface area contributed by atoms with Crippen molar-refractivity contribution in [1.29, 1.82) is 0 Å². The monoisotopic (exact) mass is 1100 g/mol. The SMILES string of the molecule is CC(C)c1cc(-c2c(F)cc(F)cc2F)cc(C(C)C)c1N1[CH-]N(c2[c-]c(Oc3[c-]c4c(cc3)c3ccccc3n4-c3cc(C(C)(C)C)ccn3)cc(C3CCCCCCC3)c2)c2ccccc21.[Pt]. The fourth-order valence-corrected chi connectivity index (χ4v) is 10.3. The van der Waals surface area contributed by atoms with Gasteiger partial charge in [-0.15, -0.1) is 53.6 Å². The Hall–Kier alpha value is -5.85. The first-order chi connectivity index (χ1) is 32.7. The average molecular weight is 1100 g/mol. The Morgan fingerprint density at radius 2 is 1.32 bits per heavy atom. The standard InChI is InChI=1S/C60H58F3N4O.Pt/c1-37(2)49-29-41(58-51(62)32-43(61)33-52(58)63)30-50(38(3)4)59(49)66-36-65(54-21-15-16-22-55(54)66)44-27-40(39-17-11-9-8-10-12-18-39)28-46(34-44)68-45-23-24-48-47-19-13-14-20-53(47)67(56(48)35-45)57-31-42(25-26-64-57)60(5,6)7;/h13-16,19-33,36-39H,8-12,17-18H2,1-7H3;/q-3;. The van der Waals surface area contributed by atoms with Crippen LogP contribution in [0.3, 0.4) is 0 Å². The van der Waals surface area contributed by atoms with E-state index in [9.17, 15) is 4.39 Å². The molecule has 0 radical (unpaired) electrons. The molecule has 0 spiro atoms. The maximum absolute atomic E-state index is 15.4. The van der Waals surface area contributed by atoms with Gasteiger partial charge in [0.05, 0.1) is 5.56 Å². The minimum Gasteiger partial charge on any atom is -0.509 e. The molecule has 5 nitrogen and oxygen atoms in total. The van der Waals surface area contributed by atoms with E-state index >= 15 is 8.78 Å². The number of rotatable bonds is 9. The molecule has 6 aromatic carbocycles. The number of hydrogen-bond acceptors (Lipinski definition) is 4. The zero-order chi connectivity index (χ0) is 47.4. The topological polar surface area (TPSA) is 33.5 Å². The summed E-state index contributed by atoms with van der Waals surface area (Å²) in [7, 11) is 0. The Balaban J connectivity index is 0.00000593. The van der Waals surface area contributed by atoms with Crippen molar-refractivity contribution in [1.82, 2.24) is 9.55 Å². The van der Waals surface area contributed by atoms with Crippen molar-refractivity contribution in [2.75, 3.05) is 9.80 Å². The van der Waals surface area contributed by atoms with Gasteiger partial charge in [-0.05, 0) is 106 Å². The zero-order valence-electron chi connectivity index (χ0n) is 40.4. The minimum atomic E-state index is -0.945. The number of nitrogens with zero attached hydrogens (tertiary/aromatic N) is 4. The van der Waals surface area contributed by atoms with Crippen molar-refractivity contribution in [2.45, 2.75) is 117 Å². The van der Waals surface area contributed by atoms with Crippen LogP contribution in [0.1, 0.15) is 133 Å². The van der Waals surface area contributed by atoms with E-state index in [-0.39, 0.29) is 43.9 Å². The molecule has 0 atom stereocenters. The fourth-order valence-electron chi connectivity index (χ4n) is 10.3. The van der Waals surface area contributed by atoms with Gasteiger partial charge < -0.3 is 19.1 Å². The Kier molecular flexibility index (Phi) is 13.6. The first-order valence-electron chi connectivity index (χ1n) is 24.3. The van der Waals surface area contributed by atoms with Gasteiger partial charge in [-0.1, -0.05) is 116 Å². The van der Waals surface area contributed by atoms with Crippen molar-refractivity contribution in [3.63, 3.8) is 0 Å². The molecule has 0 bridgehead atoms. The molecule has 1 aliphatic heterocycles. The molecule has 2 aromatic heterocycles. The molecule has 0 unspecified atom stereocenters. The first-order valence-corrected chi connectivity index (χ1v) is 24.3. The number of halogens is 3. The van der Waals surface area contributed by atoms with E-state index in [1.807, 2.05) is 36.5 Å². The van der Waals surface area contributed by atoms with Crippen LogP contribution in [0.2, 0.25) is 0 Å². The third-order valence-corrected chi connectivity index (χ3v) is 13.9. The second-order valence-corrected chi connectivity index (χ2v) is 20.3. The van der Waals surface area contributed by atoms with Gasteiger partial charge >= 0.3 is 0 Å². The van der Waals surface area contributed by atoms with E-state index < -0.39 is 17.5 Å². The summed E-state index contributed by atoms with van der Waals surface area (Å²) in [4.78, 5) is 9.29. The summed E-state index contributed by atoms with van der Waals surface area (Å²) in [6, 6.07) is 42.2. The van der Waals surface area contributed by atoms with Crippen LogP contribution in [-0.4, -0.2) is 9.55 Å². The summed E-state index contributed by atoms with van der Waals surface area (Å²) >= 11 is 0. The number of anilines is 4. The Morgan fingerprint density at radius 1 is 0.681 bits per heavy atom. The van der Waals surface area contributed by atoms with Gasteiger partial charge in [-0.2, -0.15) is 6.07 Å². The van der Waals surface area contributed by atoms with Crippen molar-refractivity contribution >= 4 is 44.6 Å². The normalized spacial score (nSPS) is 14.7. The summed E-state index contributed by atoms with van der Waals surface area (Å²) in [5.74, 6) is -0.478. The molecular formula is C60H58F3N4OPt-3. The third-order valence-electron chi connectivity index (χ3n) is 13.9. The molecular weight excluding hydrogens is 1040 g/mol. The summed E-state index contributed by atoms with van der Waals surface area (Å²) in [5, 5.41) is 2.18. The van der Waals surface area contributed by atoms with Crippen LogP contribution in [-0.2, 0) is 26.5 Å². The van der Waals surface area contributed by atoms with Crippen LogP contribution in [0, 0.1) is 36.3 Å². The van der Waals surface area contributed by atoms with E-state index in [1.165, 1.54) is 43.2 Å². The molecule has 1 aliphatic carbocycles. The number of benzene rings is 6. The van der Waals surface area contributed by atoms with Crippen LogP contribution in [0.15, 0.2) is 115 Å². The van der Waals surface area contributed by atoms with Crippen LogP contribution < -0.4 is 14.5 Å². The van der Waals surface area contributed by atoms with Gasteiger partial charge in [0.1, 0.15) is 23.3 Å². The Bertz CT molecular complexity index is 3130. The number of fused-ring (bicyclic) bond motifs is 4. The van der Waals surface area contributed by atoms with E-state index in [4.69, 9.17) is 9.72 Å². The number of para-hydroxylation sites is 3. The second-order valence-electron chi connectivity index (χ2n) is 20.3. The van der Waals surface area contributed by atoms with E-state index in [0.29, 0.717) is 23.0 Å². The number of hydrogen-bond donors (Lipinski definition) is 0. The van der Waals surface area contributed by atoms with Crippen molar-refractivity contribution in [2.24, 2.45) is 0 Å². The van der Waals surface area contributed by atoms with E-state index in [1.54, 1.807) is 0 Å². The quantitative estimate of drug-likeness (QED) is 0.135. The van der Waals surface area contributed by atoms with E-state index in [2.05, 4.69) is 148 Å². The fraction of sp³-hybridized carbons (Fsp3) is 0.300. The molecule has 0 amide bonds. The summed E-state index contributed by atoms with van der Waals surface area (Å²) in [5.41, 5.74) is 10.0. The van der Waals surface area contributed by atoms with Gasteiger partial charge in [0, 0.05) is 73.5 Å². The van der Waals surface area contributed by atoms with Crippen LogP contribution in [0.25, 0.3) is 38.8 Å². The zero-order valence-corrected chi connectivity index (χ0v) is 42.6. The predicted molar refractivity (Wildman–Crippen MR) is 271 cm³/mol. The van der Waals surface area contributed by atoms with Crippen LogP contribution in [0.4, 0.5) is 35.9 Å². The summed E-state index contributed by atoms with van der Waals surface area (Å²) in [6.07, 6.45) is 10.2. The smallest absolute Gasteiger partial charge is 0.136 e. The maximum Gasteiger partial charge on any atom is 0.136 e. The summed E-state index contributed by atoms with van der Waals surface area (Å²) < 4.78 is 54.1. The Morgan fingerprint density at radius 3 is 1.99 bits per heavy atom. The largest absolute Gasteiger partial charge is 0.509 e. The molecule has 69 heavy (non-hydrogen) atoms. The minimum absolute atomic E-state index is 0. The molecule has 1 saturated carbocycles. The van der Waals surface area contributed by atoms with Crippen molar-refractivity contribution in [3.05, 3.63) is 174 Å². The molecule has 2 aliphatic rings. The van der Waals surface area contributed by atoms with Gasteiger partial charge in [0.15, 0.2) is 0 Å². The second kappa shape index (κ2) is 19.5. The molecule has 1 fully saturated rings. The van der Waals surface area contributed by atoms with Gasteiger partial charge in [0.2, 0.25) is 0 Å². The molecule has 9 heteroatoms. The molecule has 8 aromatic rings. The Labute approximate surface area is 419 Å². The van der Waals surface area contributed by atoms with Gasteiger partial charge in [0.25, 0.3) is 0 Å². The third kappa shape index (κ3) is 9.34. The molecule has 10 rings (SSSR count). The van der Waals surface area contributed by atoms with Crippen molar-refractivity contribution in [3.8, 4) is 28.4 Å². The maximum atomic E-state index is 15.4. The molecule has 0 N–H and O–H groups in total. The molecule has 3 heterocycles. The van der Waals surface area contributed by atoms with Crippen molar-refractivity contribution < 1.29 is 39.0 Å². The number of aromatic nitrogens is 2. The van der Waals surface area contributed by atoms with E-state index in [0.717, 1.165) is 86.5 Å². The first kappa shape index (κ1) is 48.2. The van der Waals surface area contributed by atoms with Gasteiger partial charge in [-0.25, -0.2) is 18.2 Å².